The molecule has 0 saturated heterocycles. The summed E-state index contributed by atoms with van der Waals surface area (Å²) in [6, 6.07) is 5.99. The van der Waals surface area contributed by atoms with Gasteiger partial charge in [0, 0.05) is 17.8 Å². The van der Waals surface area contributed by atoms with Gasteiger partial charge in [0.1, 0.15) is 22.3 Å². The van der Waals surface area contributed by atoms with Gasteiger partial charge in [0.25, 0.3) is 5.91 Å². The predicted molar refractivity (Wildman–Crippen MR) is 111 cm³/mol. The van der Waals surface area contributed by atoms with Gasteiger partial charge in [-0.2, -0.15) is 0 Å². The molecule has 0 spiro atoms. The van der Waals surface area contributed by atoms with Crippen LogP contribution in [0.5, 0.6) is 5.75 Å². The van der Waals surface area contributed by atoms with E-state index in [2.05, 4.69) is 10.0 Å². The summed E-state index contributed by atoms with van der Waals surface area (Å²) in [5, 5.41) is 2.20. The zero-order valence-corrected chi connectivity index (χ0v) is 18.0. The lowest BCUT2D eigenvalue weighted by Gasteiger charge is -2.15. The number of amides is 1. The molecular weight excluding hydrogens is 446 g/mol. The van der Waals surface area contributed by atoms with E-state index in [-0.39, 0.29) is 27.9 Å². The first-order valence-electron chi connectivity index (χ1n) is 9.81. The van der Waals surface area contributed by atoms with Crippen molar-refractivity contribution in [3.63, 3.8) is 0 Å². The number of anilines is 1. The van der Waals surface area contributed by atoms with Crippen molar-refractivity contribution >= 4 is 27.6 Å². The highest BCUT2D eigenvalue weighted by Crippen LogP contribution is 2.27. The first-order valence-corrected chi connectivity index (χ1v) is 11.3. The molecule has 1 amide bonds. The van der Waals surface area contributed by atoms with Crippen LogP contribution in [0.3, 0.4) is 0 Å². The second kappa shape index (κ2) is 10.0. The second-order valence-corrected chi connectivity index (χ2v) is 8.93. The number of esters is 1. The molecule has 2 N–H and O–H groups in total. The highest BCUT2D eigenvalue weighted by Gasteiger charge is 2.27. The number of rotatable bonds is 8. The van der Waals surface area contributed by atoms with Crippen LogP contribution < -0.4 is 14.8 Å². The van der Waals surface area contributed by atoms with E-state index in [9.17, 15) is 26.8 Å². The number of ether oxygens (including phenoxy) is 2. The van der Waals surface area contributed by atoms with Crippen LogP contribution in [0.2, 0.25) is 0 Å². The summed E-state index contributed by atoms with van der Waals surface area (Å²) >= 11 is 0. The average Bonchev–Trinajstić information content (AvgIpc) is 3.23. The number of carbonyl (C=O) groups is 2. The van der Waals surface area contributed by atoms with Crippen LogP contribution >= 0.6 is 0 Å². The van der Waals surface area contributed by atoms with E-state index in [1.54, 1.807) is 0 Å². The van der Waals surface area contributed by atoms with Crippen LogP contribution in [0.15, 0.2) is 41.3 Å². The van der Waals surface area contributed by atoms with Crippen molar-refractivity contribution in [3.05, 3.63) is 53.6 Å². The van der Waals surface area contributed by atoms with Gasteiger partial charge in [0.05, 0.1) is 12.7 Å². The van der Waals surface area contributed by atoms with E-state index in [0.29, 0.717) is 6.07 Å². The highest BCUT2D eigenvalue weighted by atomic mass is 32.2. The zero-order chi connectivity index (χ0) is 23.3. The smallest absolute Gasteiger partial charge is 0.338 e. The molecule has 0 aromatic heterocycles. The monoisotopic (exact) mass is 468 g/mol. The number of benzene rings is 2. The summed E-state index contributed by atoms with van der Waals surface area (Å²) in [6.07, 6.45) is 3.32. The van der Waals surface area contributed by atoms with Gasteiger partial charge in [-0.1, -0.05) is 12.8 Å². The zero-order valence-electron chi connectivity index (χ0n) is 17.2. The number of hydrogen-bond acceptors (Lipinski definition) is 6. The Morgan fingerprint density at radius 3 is 2.34 bits per heavy atom. The van der Waals surface area contributed by atoms with Gasteiger partial charge in [-0.05, 0) is 43.2 Å². The van der Waals surface area contributed by atoms with Crippen LogP contribution in [-0.4, -0.2) is 40.1 Å². The van der Waals surface area contributed by atoms with Gasteiger partial charge in [-0.15, -0.1) is 0 Å². The molecule has 0 bridgehead atoms. The van der Waals surface area contributed by atoms with Crippen molar-refractivity contribution in [2.24, 2.45) is 0 Å². The lowest BCUT2D eigenvalue weighted by atomic mass is 10.2. The Morgan fingerprint density at radius 1 is 1.06 bits per heavy atom. The van der Waals surface area contributed by atoms with Crippen LogP contribution in [-0.2, 0) is 19.6 Å². The molecule has 8 nitrogen and oxygen atoms in total. The van der Waals surface area contributed by atoms with Crippen LogP contribution in [0.25, 0.3) is 0 Å². The van der Waals surface area contributed by atoms with E-state index >= 15 is 0 Å². The molecule has 0 aliphatic heterocycles. The van der Waals surface area contributed by atoms with E-state index in [1.165, 1.54) is 19.2 Å². The molecule has 0 unspecified atom stereocenters. The molecule has 0 atom stereocenters. The fourth-order valence-corrected chi connectivity index (χ4v) is 4.88. The fraction of sp³-hybridized carbons (Fsp3) is 0.333. The topological polar surface area (TPSA) is 111 Å². The van der Waals surface area contributed by atoms with Gasteiger partial charge in [-0.3, -0.25) is 4.79 Å². The first kappa shape index (κ1) is 23.6. The van der Waals surface area contributed by atoms with E-state index < -0.39 is 40.1 Å². The third kappa shape index (κ3) is 6.01. The van der Waals surface area contributed by atoms with Crippen molar-refractivity contribution in [2.75, 3.05) is 19.0 Å². The Labute approximate surface area is 184 Å². The predicted octanol–water partition coefficient (Wildman–Crippen LogP) is 2.99. The average molecular weight is 468 g/mol. The van der Waals surface area contributed by atoms with Crippen molar-refractivity contribution in [3.8, 4) is 5.75 Å². The van der Waals surface area contributed by atoms with E-state index in [1.807, 2.05) is 0 Å². The minimum absolute atomic E-state index is 0.0536. The summed E-state index contributed by atoms with van der Waals surface area (Å²) in [4.78, 5) is 24.1. The number of hydrogen-bond donors (Lipinski definition) is 2. The maximum Gasteiger partial charge on any atom is 0.338 e. The van der Waals surface area contributed by atoms with Crippen molar-refractivity contribution in [2.45, 2.75) is 36.6 Å². The lowest BCUT2D eigenvalue weighted by molar-refractivity contribution is -0.119. The quantitative estimate of drug-likeness (QED) is 0.577. The fourth-order valence-electron chi connectivity index (χ4n) is 3.38. The molecular formula is C21H22F2N2O6S. The maximum atomic E-state index is 13.2. The molecule has 11 heteroatoms. The largest absolute Gasteiger partial charge is 0.495 e. The molecule has 2 aromatic carbocycles. The minimum Gasteiger partial charge on any atom is -0.495 e. The number of nitrogens with one attached hydrogen (secondary N) is 2. The van der Waals surface area contributed by atoms with E-state index in [4.69, 9.17) is 9.47 Å². The van der Waals surface area contributed by atoms with Gasteiger partial charge >= 0.3 is 5.97 Å². The number of methoxy groups -OCH3 is 1. The van der Waals surface area contributed by atoms with Gasteiger partial charge < -0.3 is 14.8 Å². The van der Waals surface area contributed by atoms with Gasteiger partial charge in [0.2, 0.25) is 10.0 Å². The van der Waals surface area contributed by atoms with Gasteiger partial charge in [-0.25, -0.2) is 26.7 Å². The third-order valence-electron chi connectivity index (χ3n) is 4.85. The molecule has 172 valence electrons. The Bertz CT molecular complexity index is 1100. The van der Waals surface area contributed by atoms with Crippen molar-refractivity contribution in [1.29, 1.82) is 0 Å². The molecule has 1 aliphatic carbocycles. The Hall–Kier alpha value is -3.05. The summed E-state index contributed by atoms with van der Waals surface area (Å²) in [7, 11) is -2.65. The Morgan fingerprint density at radius 2 is 1.72 bits per heavy atom. The first-order chi connectivity index (χ1) is 15.2. The SMILES string of the molecule is COc1ccc(C(=O)OCC(=O)Nc2cc(F)cc(F)c2)cc1S(=O)(=O)NC1CCCC1. The Balaban J connectivity index is 1.68. The van der Waals surface area contributed by atoms with Gasteiger partial charge in [0.15, 0.2) is 6.61 Å². The van der Waals surface area contributed by atoms with Crippen LogP contribution in [0.4, 0.5) is 14.5 Å². The minimum atomic E-state index is -3.96. The van der Waals surface area contributed by atoms with Crippen molar-refractivity contribution < 1.29 is 36.3 Å². The maximum absolute atomic E-state index is 13.2. The summed E-state index contributed by atoms with van der Waals surface area (Å²) in [5.74, 6) is -3.48. The van der Waals surface area contributed by atoms with Crippen LogP contribution in [0.1, 0.15) is 36.0 Å². The number of halogens is 2. The molecule has 0 heterocycles. The molecule has 1 fully saturated rings. The number of sulfonamides is 1. The summed E-state index contributed by atoms with van der Waals surface area (Å²) in [5.41, 5.74) is -0.249. The Kier molecular flexibility index (Phi) is 7.41. The molecule has 2 aromatic rings. The molecule has 1 aliphatic rings. The normalized spacial score (nSPS) is 14.2. The molecule has 1 saturated carbocycles. The third-order valence-corrected chi connectivity index (χ3v) is 6.39. The standard InChI is InChI=1S/C21H22F2N2O6S/c1-30-18-7-6-13(8-19(18)32(28,29)25-16-4-2-3-5-16)21(27)31-12-20(26)24-17-10-14(22)9-15(23)11-17/h6-11,16,25H,2-5,12H2,1H3,(H,24,26). The summed E-state index contributed by atoms with van der Waals surface area (Å²) in [6.45, 7) is -0.745. The molecule has 32 heavy (non-hydrogen) atoms. The van der Waals surface area contributed by atoms with Crippen molar-refractivity contribution in [1.82, 2.24) is 4.72 Å². The molecule has 3 rings (SSSR count). The highest BCUT2D eigenvalue weighted by molar-refractivity contribution is 7.89. The second-order valence-electron chi connectivity index (χ2n) is 7.25. The number of carbonyl (C=O) groups excluding carboxylic acids is 2. The van der Waals surface area contributed by atoms with Crippen LogP contribution in [0, 0.1) is 11.6 Å². The molecule has 0 radical (unpaired) electrons. The summed E-state index contributed by atoms with van der Waals surface area (Å²) < 4.78 is 64.6. The lowest BCUT2D eigenvalue weighted by Crippen LogP contribution is -2.33. The van der Waals surface area contributed by atoms with E-state index in [0.717, 1.165) is 43.9 Å².